The molecule has 1 heterocycles. The van der Waals surface area contributed by atoms with Crippen LogP contribution in [-0.2, 0) is 0 Å². The van der Waals surface area contributed by atoms with Crippen LogP contribution in [0.1, 0.15) is 45.0 Å². The second kappa shape index (κ2) is 5.84. The quantitative estimate of drug-likeness (QED) is 0.855. The molecule has 4 heteroatoms. The first-order chi connectivity index (χ1) is 7.95. The Labute approximate surface area is 104 Å². The summed E-state index contributed by atoms with van der Waals surface area (Å²) in [6, 6.07) is 0. The van der Waals surface area contributed by atoms with Crippen molar-refractivity contribution in [2.45, 2.75) is 40.5 Å². The van der Waals surface area contributed by atoms with E-state index in [0.717, 1.165) is 17.2 Å². The molecule has 0 aliphatic carbocycles. The summed E-state index contributed by atoms with van der Waals surface area (Å²) >= 11 is 0. The minimum atomic E-state index is 0.295. The molecule has 0 unspecified atom stereocenters. The van der Waals surface area contributed by atoms with Crippen molar-refractivity contribution in [3.05, 3.63) is 11.4 Å². The highest BCUT2D eigenvalue weighted by Crippen LogP contribution is 2.24. The highest BCUT2D eigenvalue weighted by atomic mass is 16.5. The van der Waals surface area contributed by atoms with Gasteiger partial charge >= 0.3 is 0 Å². The normalized spacial score (nSPS) is 11.1. The minimum Gasteiger partial charge on any atom is -0.477 e. The molecule has 0 spiro atoms. The van der Waals surface area contributed by atoms with Crippen LogP contribution in [0.2, 0.25) is 0 Å². The molecule has 17 heavy (non-hydrogen) atoms. The zero-order valence-corrected chi connectivity index (χ0v) is 11.7. The van der Waals surface area contributed by atoms with Crippen molar-refractivity contribution in [3.8, 4) is 5.88 Å². The van der Waals surface area contributed by atoms with Gasteiger partial charge in [-0.25, -0.2) is 4.98 Å². The van der Waals surface area contributed by atoms with Crippen LogP contribution in [0.15, 0.2) is 0 Å². The third-order valence-electron chi connectivity index (χ3n) is 2.43. The fourth-order valence-electron chi connectivity index (χ4n) is 1.40. The topological polar surface area (TPSA) is 47.0 Å². The molecule has 0 bridgehead atoms. The number of hydrogen-bond donors (Lipinski definition) is 1. The molecule has 96 valence electrons. The summed E-state index contributed by atoms with van der Waals surface area (Å²) in [5.41, 5.74) is 0.970. The lowest BCUT2D eigenvalue weighted by Crippen LogP contribution is -2.11. The lowest BCUT2D eigenvalue weighted by Gasteiger charge is -2.15. The van der Waals surface area contributed by atoms with Crippen molar-refractivity contribution in [3.63, 3.8) is 0 Å². The Morgan fingerprint density at radius 3 is 2.29 bits per heavy atom. The third kappa shape index (κ3) is 3.58. The van der Waals surface area contributed by atoms with E-state index in [1.54, 1.807) is 0 Å². The van der Waals surface area contributed by atoms with E-state index in [4.69, 9.17) is 4.74 Å². The Bertz CT molecular complexity index is 375. The van der Waals surface area contributed by atoms with Gasteiger partial charge in [0.2, 0.25) is 5.88 Å². The molecule has 0 aliphatic heterocycles. The van der Waals surface area contributed by atoms with E-state index in [1.165, 1.54) is 0 Å². The first-order valence-electron chi connectivity index (χ1n) is 6.14. The van der Waals surface area contributed by atoms with Crippen LogP contribution in [0.3, 0.4) is 0 Å². The van der Waals surface area contributed by atoms with Crippen LogP contribution in [0.5, 0.6) is 5.88 Å². The van der Waals surface area contributed by atoms with E-state index in [9.17, 15) is 0 Å². The number of nitrogens with zero attached hydrogens (tertiary/aromatic N) is 2. The predicted octanol–water partition coefficient (Wildman–Crippen LogP) is 2.98. The maximum Gasteiger partial charge on any atom is 0.221 e. The van der Waals surface area contributed by atoms with Crippen molar-refractivity contribution < 1.29 is 4.74 Å². The predicted molar refractivity (Wildman–Crippen MR) is 70.7 cm³/mol. The Hall–Kier alpha value is -1.32. The van der Waals surface area contributed by atoms with Crippen molar-refractivity contribution in [2.75, 3.05) is 19.0 Å². The van der Waals surface area contributed by atoms with E-state index >= 15 is 0 Å². The largest absolute Gasteiger partial charge is 0.477 e. The van der Waals surface area contributed by atoms with E-state index in [1.807, 2.05) is 14.0 Å². The lowest BCUT2D eigenvalue weighted by molar-refractivity contribution is 0.258. The van der Waals surface area contributed by atoms with Crippen LogP contribution >= 0.6 is 0 Å². The van der Waals surface area contributed by atoms with Gasteiger partial charge < -0.3 is 10.1 Å². The summed E-state index contributed by atoms with van der Waals surface area (Å²) in [4.78, 5) is 8.95. The fourth-order valence-corrected chi connectivity index (χ4v) is 1.40. The number of hydrogen-bond acceptors (Lipinski definition) is 4. The van der Waals surface area contributed by atoms with Gasteiger partial charge in [-0.05, 0) is 12.8 Å². The van der Waals surface area contributed by atoms with Crippen molar-refractivity contribution in [1.82, 2.24) is 9.97 Å². The maximum absolute atomic E-state index is 5.74. The molecule has 0 aromatic carbocycles. The summed E-state index contributed by atoms with van der Waals surface area (Å²) in [6.07, 6.45) is 0. The monoisotopic (exact) mass is 237 g/mol. The molecule has 1 aromatic heterocycles. The Morgan fingerprint density at radius 1 is 1.18 bits per heavy atom. The molecule has 0 saturated carbocycles. The number of nitrogens with one attached hydrogen (secondary N) is 1. The summed E-state index contributed by atoms with van der Waals surface area (Å²) in [5.74, 6) is 3.15. The van der Waals surface area contributed by atoms with Gasteiger partial charge in [0, 0.05) is 13.0 Å². The first-order valence-corrected chi connectivity index (χ1v) is 6.14. The average Bonchev–Trinajstić information content (AvgIpc) is 2.27. The number of anilines is 1. The molecule has 0 amide bonds. The molecule has 0 aliphatic rings. The van der Waals surface area contributed by atoms with Gasteiger partial charge in [0.05, 0.1) is 12.2 Å². The van der Waals surface area contributed by atoms with Gasteiger partial charge in [-0.1, -0.05) is 27.7 Å². The van der Waals surface area contributed by atoms with Gasteiger partial charge in [-0.15, -0.1) is 0 Å². The molecule has 0 atom stereocenters. The minimum absolute atomic E-state index is 0.295. The fraction of sp³-hybridized carbons (Fsp3) is 0.692. The number of ether oxygens (including phenoxy) is 1. The third-order valence-corrected chi connectivity index (χ3v) is 2.43. The molecule has 0 radical (unpaired) electrons. The van der Waals surface area contributed by atoms with Crippen molar-refractivity contribution in [1.29, 1.82) is 0 Å². The Morgan fingerprint density at radius 2 is 1.82 bits per heavy atom. The van der Waals surface area contributed by atoms with E-state index < -0.39 is 0 Å². The van der Waals surface area contributed by atoms with Crippen molar-refractivity contribution in [2.24, 2.45) is 5.92 Å². The Kier molecular flexibility index (Phi) is 4.73. The average molecular weight is 237 g/mol. The van der Waals surface area contributed by atoms with Gasteiger partial charge in [0.1, 0.15) is 11.6 Å². The molecular formula is C13H23N3O. The van der Waals surface area contributed by atoms with Crippen LogP contribution in [0.4, 0.5) is 5.82 Å². The highest BCUT2D eigenvalue weighted by Gasteiger charge is 2.13. The van der Waals surface area contributed by atoms with Crippen LogP contribution in [0, 0.1) is 12.8 Å². The summed E-state index contributed by atoms with van der Waals surface area (Å²) in [6.45, 7) is 11.1. The number of rotatable bonds is 5. The zero-order chi connectivity index (χ0) is 13.0. The molecule has 0 saturated heterocycles. The van der Waals surface area contributed by atoms with Crippen LogP contribution in [0.25, 0.3) is 0 Å². The van der Waals surface area contributed by atoms with E-state index in [-0.39, 0.29) is 0 Å². The molecule has 1 rings (SSSR count). The smallest absolute Gasteiger partial charge is 0.221 e. The molecule has 1 aromatic rings. The molecular weight excluding hydrogens is 214 g/mol. The molecule has 1 N–H and O–H groups in total. The van der Waals surface area contributed by atoms with Gasteiger partial charge in [-0.2, -0.15) is 4.98 Å². The SMILES string of the molecule is CNc1nc(C(C)C)nc(OCC(C)C)c1C. The van der Waals surface area contributed by atoms with Gasteiger partial charge in [0.15, 0.2) is 0 Å². The zero-order valence-electron chi connectivity index (χ0n) is 11.7. The highest BCUT2D eigenvalue weighted by molar-refractivity contribution is 5.48. The molecule has 0 fully saturated rings. The summed E-state index contributed by atoms with van der Waals surface area (Å²) in [5, 5.41) is 3.09. The lowest BCUT2D eigenvalue weighted by atomic mass is 10.2. The van der Waals surface area contributed by atoms with Gasteiger partial charge in [0.25, 0.3) is 0 Å². The van der Waals surface area contributed by atoms with Gasteiger partial charge in [-0.3, -0.25) is 0 Å². The number of aromatic nitrogens is 2. The van der Waals surface area contributed by atoms with Crippen LogP contribution < -0.4 is 10.1 Å². The Balaban J connectivity index is 3.04. The van der Waals surface area contributed by atoms with Crippen LogP contribution in [-0.4, -0.2) is 23.6 Å². The second-order valence-corrected chi connectivity index (χ2v) is 4.97. The molecule has 4 nitrogen and oxygen atoms in total. The summed E-state index contributed by atoms with van der Waals surface area (Å²) < 4.78 is 5.74. The first kappa shape index (κ1) is 13.7. The second-order valence-electron chi connectivity index (χ2n) is 4.97. The van der Waals surface area contributed by atoms with E-state index in [0.29, 0.717) is 24.3 Å². The van der Waals surface area contributed by atoms with Crippen molar-refractivity contribution >= 4 is 5.82 Å². The summed E-state index contributed by atoms with van der Waals surface area (Å²) in [7, 11) is 1.87. The van der Waals surface area contributed by atoms with E-state index in [2.05, 4.69) is 43.0 Å². The standard InChI is InChI=1S/C13H23N3O/c1-8(2)7-17-13-10(5)12(14-6)15-11(16-13)9(3)4/h8-9H,7H2,1-6H3,(H,14,15,16). The maximum atomic E-state index is 5.74.